The topological polar surface area (TPSA) is 60.6 Å². The fraction of sp³-hybridized carbons (Fsp3) is 0.467. The van der Waals surface area contributed by atoms with Crippen LogP contribution in [0.5, 0.6) is 11.5 Å². The Balaban J connectivity index is 1.71. The van der Waals surface area contributed by atoms with E-state index in [1.165, 1.54) is 0 Å². The number of hydrogen-bond acceptors (Lipinski definition) is 6. The second-order valence-corrected chi connectivity index (χ2v) is 4.72. The van der Waals surface area contributed by atoms with E-state index in [-0.39, 0.29) is 0 Å². The Kier molecular flexibility index (Phi) is 5.57. The molecular weight excluding hydrogens is 270 g/mol. The molecule has 0 saturated carbocycles. The minimum Gasteiger partial charge on any atom is -0.497 e. The molecule has 0 N–H and O–H groups in total. The van der Waals surface area contributed by atoms with Gasteiger partial charge in [-0.1, -0.05) is 12.1 Å². The fourth-order valence-electron chi connectivity index (χ4n) is 1.80. The van der Waals surface area contributed by atoms with Crippen molar-refractivity contribution in [2.45, 2.75) is 19.9 Å². The first kappa shape index (κ1) is 15.3. The molecule has 0 spiro atoms. The van der Waals surface area contributed by atoms with E-state index in [9.17, 15) is 0 Å². The van der Waals surface area contributed by atoms with Gasteiger partial charge in [0.15, 0.2) is 5.82 Å². The highest BCUT2D eigenvalue weighted by atomic mass is 16.5. The first-order valence-corrected chi connectivity index (χ1v) is 6.98. The fourth-order valence-corrected chi connectivity index (χ4v) is 1.80. The second-order valence-electron chi connectivity index (χ2n) is 4.72. The van der Waals surface area contributed by atoms with Crippen LogP contribution in [0.2, 0.25) is 0 Å². The Morgan fingerprint density at radius 3 is 2.52 bits per heavy atom. The van der Waals surface area contributed by atoms with Crippen LogP contribution in [0.25, 0.3) is 0 Å². The molecule has 2 aromatic rings. The number of methoxy groups -OCH3 is 1. The van der Waals surface area contributed by atoms with Crippen LogP contribution in [0, 0.1) is 0 Å². The summed E-state index contributed by atoms with van der Waals surface area (Å²) in [4.78, 5) is 6.36. The Hall–Kier alpha value is -2.08. The molecule has 2 rings (SSSR count). The molecule has 0 aliphatic rings. The molecule has 1 aromatic carbocycles. The van der Waals surface area contributed by atoms with Crippen LogP contribution in [0.1, 0.15) is 18.6 Å². The zero-order valence-corrected chi connectivity index (χ0v) is 12.7. The number of ether oxygens (including phenoxy) is 2. The molecule has 0 amide bonds. The number of aryl methyl sites for hydroxylation is 1. The number of aromatic nitrogens is 2. The molecule has 6 nitrogen and oxygen atoms in total. The molecule has 0 saturated heterocycles. The van der Waals surface area contributed by atoms with Crippen molar-refractivity contribution in [3.05, 3.63) is 36.0 Å². The summed E-state index contributed by atoms with van der Waals surface area (Å²) in [5.41, 5.74) is 0. The summed E-state index contributed by atoms with van der Waals surface area (Å²) in [5, 5.41) is 3.88. The van der Waals surface area contributed by atoms with Crippen LogP contribution < -0.4 is 9.47 Å². The minimum absolute atomic E-state index is 0.595. The minimum atomic E-state index is 0.595. The summed E-state index contributed by atoms with van der Waals surface area (Å²) in [6.07, 6.45) is 0.786. The lowest BCUT2D eigenvalue weighted by Gasteiger charge is -2.14. The molecule has 1 heterocycles. The number of rotatable bonds is 8. The van der Waals surface area contributed by atoms with Gasteiger partial charge in [-0.25, -0.2) is 0 Å². The van der Waals surface area contributed by atoms with Crippen LogP contribution >= 0.6 is 0 Å². The van der Waals surface area contributed by atoms with Crippen LogP contribution in [0.15, 0.2) is 28.8 Å². The van der Waals surface area contributed by atoms with Crippen LogP contribution in [0.4, 0.5) is 0 Å². The van der Waals surface area contributed by atoms with Gasteiger partial charge in [-0.2, -0.15) is 4.98 Å². The van der Waals surface area contributed by atoms with Gasteiger partial charge in [0, 0.05) is 13.0 Å². The highest BCUT2D eigenvalue weighted by Crippen LogP contribution is 2.16. The van der Waals surface area contributed by atoms with E-state index in [0.29, 0.717) is 19.0 Å². The lowest BCUT2D eigenvalue weighted by Crippen LogP contribution is -2.24. The van der Waals surface area contributed by atoms with Crippen molar-refractivity contribution in [1.82, 2.24) is 15.0 Å². The van der Waals surface area contributed by atoms with E-state index >= 15 is 0 Å². The first-order valence-electron chi connectivity index (χ1n) is 6.98. The molecule has 0 unspecified atom stereocenters. The third kappa shape index (κ3) is 4.75. The molecule has 0 fully saturated rings. The van der Waals surface area contributed by atoms with Gasteiger partial charge in [-0.05, 0) is 31.3 Å². The summed E-state index contributed by atoms with van der Waals surface area (Å²) < 4.78 is 15.9. The van der Waals surface area contributed by atoms with Crippen LogP contribution in [0.3, 0.4) is 0 Å². The predicted molar refractivity (Wildman–Crippen MR) is 78.5 cm³/mol. The first-order chi connectivity index (χ1) is 10.2. The van der Waals surface area contributed by atoms with Gasteiger partial charge >= 0.3 is 0 Å². The van der Waals surface area contributed by atoms with E-state index in [2.05, 4.69) is 15.0 Å². The van der Waals surface area contributed by atoms with Gasteiger partial charge in [0.2, 0.25) is 5.89 Å². The SMILES string of the molecule is CCc1noc(CN(C)CCOc2ccc(OC)cc2)n1. The molecule has 0 aliphatic carbocycles. The molecule has 21 heavy (non-hydrogen) atoms. The molecule has 114 valence electrons. The van der Waals surface area contributed by atoms with Crippen LogP contribution in [-0.2, 0) is 13.0 Å². The highest BCUT2D eigenvalue weighted by molar-refractivity contribution is 5.31. The summed E-state index contributed by atoms with van der Waals surface area (Å²) in [6.45, 7) is 3.99. The Morgan fingerprint density at radius 2 is 1.90 bits per heavy atom. The van der Waals surface area contributed by atoms with E-state index in [4.69, 9.17) is 14.0 Å². The van der Waals surface area contributed by atoms with E-state index in [1.807, 2.05) is 38.2 Å². The van der Waals surface area contributed by atoms with E-state index in [1.54, 1.807) is 7.11 Å². The Bertz CT molecular complexity index is 539. The summed E-state index contributed by atoms with van der Waals surface area (Å²) in [7, 11) is 3.64. The molecule has 1 aromatic heterocycles. The zero-order valence-electron chi connectivity index (χ0n) is 12.7. The third-order valence-corrected chi connectivity index (χ3v) is 3.03. The molecule has 6 heteroatoms. The van der Waals surface area contributed by atoms with Crippen LogP contribution in [-0.4, -0.2) is 42.3 Å². The van der Waals surface area contributed by atoms with E-state index < -0.39 is 0 Å². The van der Waals surface area contributed by atoms with Crippen molar-refractivity contribution in [2.75, 3.05) is 27.3 Å². The molecule has 0 bridgehead atoms. The van der Waals surface area contributed by atoms with Crippen molar-refractivity contribution in [3.63, 3.8) is 0 Å². The van der Waals surface area contributed by atoms with Gasteiger partial charge in [0.25, 0.3) is 0 Å². The quantitative estimate of drug-likeness (QED) is 0.742. The Labute approximate surface area is 124 Å². The van der Waals surface area contributed by atoms with Crippen molar-refractivity contribution >= 4 is 0 Å². The molecular formula is C15H21N3O3. The average molecular weight is 291 g/mol. The largest absolute Gasteiger partial charge is 0.497 e. The average Bonchev–Trinajstić information content (AvgIpc) is 2.95. The van der Waals surface area contributed by atoms with Crippen molar-refractivity contribution in [3.8, 4) is 11.5 Å². The van der Waals surface area contributed by atoms with Gasteiger partial charge in [0.05, 0.1) is 13.7 Å². The number of nitrogens with zero attached hydrogens (tertiary/aromatic N) is 3. The van der Waals surface area contributed by atoms with Crippen molar-refractivity contribution in [2.24, 2.45) is 0 Å². The molecule has 0 atom stereocenters. The lowest BCUT2D eigenvalue weighted by molar-refractivity contribution is 0.212. The van der Waals surface area contributed by atoms with E-state index in [0.717, 1.165) is 30.3 Å². The molecule has 0 aliphatic heterocycles. The summed E-state index contributed by atoms with van der Waals surface area (Å²) in [5.74, 6) is 3.03. The number of hydrogen-bond donors (Lipinski definition) is 0. The van der Waals surface area contributed by atoms with Gasteiger partial charge < -0.3 is 14.0 Å². The maximum absolute atomic E-state index is 5.68. The van der Waals surface area contributed by atoms with Crippen molar-refractivity contribution < 1.29 is 14.0 Å². The maximum atomic E-state index is 5.68. The Morgan fingerprint density at radius 1 is 1.19 bits per heavy atom. The van der Waals surface area contributed by atoms with Gasteiger partial charge in [0.1, 0.15) is 18.1 Å². The highest BCUT2D eigenvalue weighted by Gasteiger charge is 2.08. The zero-order chi connectivity index (χ0) is 15.1. The van der Waals surface area contributed by atoms with Gasteiger partial charge in [-0.3, -0.25) is 4.90 Å². The second kappa shape index (κ2) is 7.64. The van der Waals surface area contributed by atoms with Crippen molar-refractivity contribution in [1.29, 1.82) is 0 Å². The maximum Gasteiger partial charge on any atom is 0.240 e. The normalized spacial score (nSPS) is 10.9. The monoisotopic (exact) mass is 291 g/mol. The van der Waals surface area contributed by atoms with Gasteiger partial charge in [-0.15, -0.1) is 0 Å². The smallest absolute Gasteiger partial charge is 0.240 e. The number of likely N-dealkylation sites (N-methyl/N-ethyl adjacent to an activating group) is 1. The third-order valence-electron chi connectivity index (χ3n) is 3.03. The summed E-state index contributed by atoms with van der Waals surface area (Å²) in [6, 6.07) is 7.54. The lowest BCUT2D eigenvalue weighted by atomic mass is 10.3. The standard InChI is InChI=1S/C15H21N3O3/c1-4-14-16-15(21-17-14)11-18(2)9-10-20-13-7-5-12(19-3)6-8-13/h5-8H,4,9-11H2,1-3H3. The summed E-state index contributed by atoms with van der Waals surface area (Å²) >= 11 is 0. The predicted octanol–water partition coefficient (Wildman–Crippen LogP) is 2.15. The molecule has 0 radical (unpaired) electrons. The number of benzene rings is 1.